The van der Waals surface area contributed by atoms with Gasteiger partial charge < -0.3 is 15.0 Å². The van der Waals surface area contributed by atoms with Gasteiger partial charge in [0.25, 0.3) is 0 Å². The molecule has 2 bridgehead atoms. The van der Waals surface area contributed by atoms with Gasteiger partial charge in [-0.15, -0.1) is 12.4 Å². The van der Waals surface area contributed by atoms with Crippen molar-refractivity contribution in [2.75, 3.05) is 44.2 Å². The summed E-state index contributed by atoms with van der Waals surface area (Å²) >= 11 is 0. The van der Waals surface area contributed by atoms with Crippen LogP contribution in [0.25, 0.3) is 0 Å². The van der Waals surface area contributed by atoms with Crippen LogP contribution in [0.1, 0.15) is 54.4 Å². The molecule has 3 unspecified atom stereocenters. The third kappa shape index (κ3) is 4.99. The lowest BCUT2D eigenvalue weighted by molar-refractivity contribution is 0.110. The summed E-state index contributed by atoms with van der Waals surface area (Å²) in [6.45, 7) is 6.20. The Labute approximate surface area is 236 Å². The standard InChI is InChI=1S/C30H37FN6O.ClH/c31-22-13-30(10-4-11-37(30)16-22)20-38-29-26(14-32)27-19-35(15-21-5-2-1-3-6-21)12-9-25(27)28(34-29)36-17-23-7-8-24(18-36)33-23;/h1-3,5-6,22-24,33H,4,7-13,15-20H2;1H/t22-,23?,24?,30?;/m1./s1. The maximum absolute atomic E-state index is 14.4. The second kappa shape index (κ2) is 10.9. The number of benzene rings is 1. The van der Waals surface area contributed by atoms with E-state index in [-0.39, 0.29) is 17.9 Å². The molecule has 0 radical (unpaired) electrons. The topological polar surface area (TPSA) is 67.7 Å². The van der Waals surface area contributed by atoms with Crippen molar-refractivity contribution in [1.29, 1.82) is 5.26 Å². The van der Waals surface area contributed by atoms with E-state index >= 15 is 0 Å². The first kappa shape index (κ1) is 26.8. The quantitative estimate of drug-likeness (QED) is 0.584. The first-order chi connectivity index (χ1) is 18.6. The Morgan fingerprint density at radius 3 is 2.67 bits per heavy atom. The second-order valence-corrected chi connectivity index (χ2v) is 12.0. The molecule has 0 amide bonds. The molecule has 39 heavy (non-hydrogen) atoms. The van der Waals surface area contributed by atoms with Crippen LogP contribution in [0.4, 0.5) is 10.2 Å². The average molecular weight is 553 g/mol. The molecule has 208 valence electrons. The lowest BCUT2D eigenvalue weighted by Crippen LogP contribution is -2.52. The molecule has 5 aliphatic heterocycles. The van der Waals surface area contributed by atoms with E-state index in [1.165, 1.54) is 24.0 Å². The van der Waals surface area contributed by atoms with Crippen molar-refractivity contribution in [3.8, 4) is 11.9 Å². The van der Waals surface area contributed by atoms with E-state index < -0.39 is 6.17 Å². The molecule has 1 aromatic carbocycles. The third-order valence-corrected chi connectivity index (χ3v) is 9.53. The highest BCUT2D eigenvalue weighted by molar-refractivity contribution is 5.85. The van der Waals surface area contributed by atoms with E-state index in [4.69, 9.17) is 9.72 Å². The zero-order valence-corrected chi connectivity index (χ0v) is 23.3. The van der Waals surface area contributed by atoms with Crippen molar-refractivity contribution >= 4 is 18.2 Å². The number of hydrogen-bond acceptors (Lipinski definition) is 7. The maximum atomic E-state index is 14.4. The molecule has 0 saturated carbocycles. The first-order valence-corrected chi connectivity index (χ1v) is 14.4. The zero-order valence-electron chi connectivity index (χ0n) is 22.4. The van der Waals surface area contributed by atoms with Crippen molar-refractivity contribution in [1.82, 2.24) is 20.1 Å². The first-order valence-electron chi connectivity index (χ1n) is 14.4. The molecule has 2 aromatic rings. The second-order valence-electron chi connectivity index (χ2n) is 12.0. The molecule has 4 atom stereocenters. The Balaban J connectivity index is 0.00000277. The number of nitriles is 1. The van der Waals surface area contributed by atoms with Crippen LogP contribution in [0.15, 0.2) is 30.3 Å². The summed E-state index contributed by atoms with van der Waals surface area (Å²) in [5, 5.41) is 14.1. The highest BCUT2D eigenvalue weighted by atomic mass is 35.5. The lowest BCUT2D eigenvalue weighted by atomic mass is 9.94. The summed E-state index contributed by atoms with van der Waals surface area (Å²) in [6.07, 6.45) is 5.01. The molecular formula is C30H38ClFN6O. The number of halogens is 2. The fourth-order valence-electron chi connectivity index (χ4n) is 7.72. The summed E-state index contributed by atoms with van der Waals surface area (Å²) < 4.78 is 20.9. The van der Waals surface area contributed by atoms with Crippen molar-refractivity contribution in [2.45, 2.75) is 75.4 Å². The normalized spacial score (nSPS) is 29.9. The Kier molecular flexibility index (Phi) is 7.45. The number of piperazine rings is 1. The van der Waals surface area contributed by atoms with Gasteiger partial charge in [0.1, 0.15) is 30.2 Å². The SMILES string of the molecule is Cl.N#Cc1c(OCC23CCCN2C[C@H](F)C3)nc(N2CC3CCC(C2)N3)c2c1CN(Cc1ccccc1)CC2. The number of fused-ring (bicyclic) bond motifs is 4. The van der Waals surface area contributed by atoms with E-state index in [1.54, 1.807) is 0 Å². The lowest BCUT2D eigenvalue weighted by Gasteiger charge is -2.38. The smallest absolute Gasteiger partial charge is 0.234 e. The van der Waals surface area contributed by atoms with Gasteiger partial charge in [0.2, 0.25) is 5.88 Å². The molecule has 9 heteroatoms. The number of alkyl halides is 1. The average Bonchev–Trinajstić information content (AvgIpc) is 3.57. The van der Waals surface area contributed by atoms with Crippen LogP contribution in [0.5, 0.6) is 5.88 Å². The van der Waals surface area contributed by atoms with E-state index in [1.807, 2.05) is 6.07 Å². The Bertz CT molecular complexity index is 1230. The van der Waals surface area contributed by atoms with Crippen molar-refractivity contribution < 1.29 is 9.13 Å². The van der Waals surface area contributed by atoms with Gasteiger partial charge in [-0.25, -0.2) is 4.39 Å². The number of rotatable bonds is 6. The molecule has 4 fully saturated rings. The van der Waals surface area contributed by atoms with Gasteiger partial charge in [-0.3, -0.25) is 9.80 Å². The van der Waals surface area contributed by atoms with Crippen LogP contribution < -0.4 is 15.0 Å². The van der Waals surface area contributed by atoms with Crippen LogP contribution >= 0.6 is 12.4 Å². The fourth-order valence-corrected chi connectivity index (χ4v) is 7.72. The van der Waals surface area contributed by atoms with Crippen molar-refractivity contribution in [3.63, 3.8) is 0 Å². The van der Waals surface area contributed by atoms with Crippen molar-refractivity contribution in [3.05, 3.63) is 52.6 Å². The molecular weight excluding hydrogens is 515 g/mol. The molecule has 1 N–H and O–H groups in total. The third-order valence-electron chi connectivity index (χ3n) is 9.53. The highest BCUT2D eigenvalue weighted by Gasteiger charge is 2.49. The molecule has 5 aliphatic rings. The summed E-state index contributed by atoms with van der Waals surface area (Å²) in [4.78, 5) is 12.2. The number of hydrogen-bond donors (Lipinski definition) is 1. The van der Waals surface area contributed by atoms with Gasteiger partial charge in [0.15, 0.2) is 0 Å². The highest BCUT2D eigenvalue weighted by Crippen LogP contribution is 2.42. The van der Waals surface area contributed by atoms with Crippen LogP contribution in [0, 0.1) is 11.3 Å². The van der Waals surface area contributed by atoms with Gasteiger partial charge in [-0.2, -0.15) is 10.2 Å². The molecule has 4 saturated heterocycles. The van der Waals surface area contributed by atoms with E-state index in [0.717, 1.165) is 63.4 Å². The minimum atomic E-state index is -0.802. The summed E-state index contributed by atoms with van der Waals surface area (Å²) in [7, 11) is 0. The summed E-state index contributed by atoms with van der Waals surface area (Å²) in [5.74, 6) is 1.44. The number of anilines is 1. The van der Waals surface area contributed by atoms with E-state index in [9.17, 15) is 9.65 Å². The Morgan fingerprint density at radius 2 is 1.90 bits per heavy atom. The number of aromatic nitrogens is 1. The molecule has 0 spiro atoms. The largest absolute Gasteiger partial charge is 0.475 e. The summed E-state index contributed by atoms with van der Waals surface area (Å²) in [5.41, 5.74) is 3.86. The molecule has 6 heterocycles. The van der Waals surface area contributed by atoms with Crippen LogP contribution in [0.3, 0.4) is 0 Å². The summed E-state index contributed by atoms with van der Waals surface area (Å²) in [6, 6.07) is 14.0. The number of nitrogens with zero attached hydrogens (tertiary/aromatic N) is 5. The predicted molar refractivity (Wildman–Crippen MR) is 151 cm³/mol. The number of nitrogens with one attached hydrogen (secondary N) is 1. The van der Waals surface area contributed by atoms with E-state index in [0.29, 0.717) is 49.6 Å². The minimum absolute atomic E-state index is 0. The monoisotopic (exact) mass is 552 g/mol. The molecule has 7 rings (SSSR count). The number of pyridine rings is 1. The van der Waals surface area contributed by atoms with Gasteiger partial charge in [0, 0.05) is 63.3 Å². The zero-order chi connectivity index (χ0) is 25.7. The van der Waals surface area contributed by atoms with Crippen LogP contribution in [0.2, 0.25) is 0 Å². The molecule has 0 aliphatic carbocycles. The van der Waals surface area contributed by atoms with Gasteiger partial charge >= 0.3 is 0 Å². The molecule has 1 aromatic heterocycles. The fraction of sp³-hybridized carbons (Fsp3) is 0.600. The molecule has 7 nitrogen and oxygen atoms in total. The van der Waals surface area contributed by atoms with Crippen molar-refractivity contribution in [2.24, 2.45) is 0 Å². The van der Waals surface area contributed by atoms with Gasteiger partial charge in [-0.05, 0) is 49.8 Å². The van der Waals surface area contributed by atoms with Gasteiger partial charge in [0.05, 0.1) is 5.54 Å². The van der Waals surface area contributed by atoms with Crippen LogP contribution in [-0.4, -0.2) is 77.9 Å². The number of ether oxygens (including phenoxy) is 1. The predicted octanol–water partition coefficient (Wildman–Crippen LogP) is 3.83. The Hall–Kier alpha value is -2.44. The van der Waals surface area contributed by atoms with Crippen LogP contribution in [-0.2, 0) is 19.5 Å². The Morgan fingerprint density at radius 1 is 1.10 bits per heavy atom. The minimum Gasteiger partial charge on any atom is -0.475 e. The van der Waals surface area contributed by atoms with Gasteiger partial charge in [-0.1, -0.05) is 30.3 Å². The maximum Gasteiger partial charge on any atom is 0.234 e. The van der Waals surface area contributed by atoms with E-state index in [2.05, 4.69) is 50.4 Å².